The minimum Gasteiger partial charge on any atom is -0.508 e. The van der Waals surface area contributed by atoms with Crippen LogP contribution in [0.2, 0.25) is 0 Å². The van der Waals surface area contributed by atoms with Crippen LogP contribution in [0.25, 0.3) is 21.9 Å². The monoisotopic (exact) mass is 464 g/mol. The molecule has 2 aromatic carbocycles. The number of aryl methyl sites for hydroxylation is 1. The molecule has 34 heavy (non-hydrogen) atoms. The molecule has 2 atom stereocenters. The van der Waals surface area contributed by atoms with Gasteiger partial charge in [0.1, 0.15) is 23.1 Å². The quantitative estimate of drug-likeness (QED) is 0.294. The Balaban J connectivity index is 1.48. The summed E-state index contributed by atoms with van der Waals surface area (Å²) in [6, 6.07) is 9.94. The van der Waals surface area contributed by atoms with Gasteiger partial charge >= 0.3 is 11.6 Å². The van der Waals surface area contributed by atoms with Crippen LogP contribution in [-0.4, -0.2) is 39.2 Å². The molecule has 4 rings (SSSR count). The van der Waals surface area contributed by atoms with Gasteiger partial charge in [0, 0.05) is 41.0 Å². The Bertz CT molecular complexity index is 1440. The third kappa shape index (κ3) is 4.73. The average Bonchev–Trinajstić information content (AvgIpc) is 3.19. The highest BCUT2D eigenvalue weighted by Crippen LogP contribution is 2.25. The molecular formula is C25H24N2O7. The van der Waals surface area contributed by atoms with Crippen LogP contribution in [-0.2, 0) is 22.4 Å². The van der Waals surface area contributed by atoms with Crippen molar-refractivity contribution >= 4 is 33.7 Å². The number of benzene rings is 2. The molecular weight excluding hydrogens is 440 g/mol. The summed E-state index contributed by atoms with van der Waals surface area (Å²) >= 11 is 0. The maximum atomic E-state index is 12.7. The molecule has 2 aromatic heterocycles. The Hall–Kier alpha value is -4.27. The van der Waals surface area contributed by atoms with Crippen molar-refractivity contribution in [3.8, 4) is 11.5 Å². The molecule has 9 nitrogen and oxygen atoms in total. The number of carbonyl (C=O) groups excluding carboxylic acids is 1. The molecule has 176 valence electrons. The van der Waals surface area contributed by atoms with Crippen LogP contribution >= 0.6 is 0 Å². The van der Waals surface area contributed by atoms with Gasteiger partial charge in [-0.2, -0.15) is 0 Å². The van der Waals surface area contributed by atoms with Crippen LogP contribution in [0.4, 0.5) is 0 Å². The van der Waals surface area contributed by atoms with Crippen LogP contribution in [0.3, 0.4) is 0 Å². The largest absolute Gasteiger partial charge is 0.508 e. The van der Waals surface area contributed by atoms with Gasteiger partial charge in [-0.05, 0) is 54.8 Å². The van der Waals surface area contributed by atoms with Crippen molar-refractivity contribution in [2.45, 2.75) is 38.8 Å². The Morgan fingerprint density at radius 1 is 1.12 bits per heavy atom. The van der Waals surface area contributed by atoms with Gasteiger partial charge in [-0.1, -0.05) is 6.92 Å². The van der Waals surface area contributed by atoms with Crippen LogP contribution in [0, 0.1) is 0 Å². The second-order valence-electron chi connectivity index (χ2n) is 8.01. The number of aromatic nitrogens is 1. The SMILES string of the molecule is CCc1cc(=O)oc2cc(O[C@H](C)C(=O)N[C@H](Cc3c[nH]c4ccc(O)cc34)C(=O)O)ccc12. The zero-order valence-corrected chi connectivity index (χ0v) is 18.6. The van der Waals surface area contributed by atoms with E-state index in [1.807, 2.05) is 6.92 Å². The summed E-state index contributed by atoms with van der Waals surface area (Å²) < 4.78 is 10.9. The van der Waals surface area contributed by atoms with Gasteiger partial charge in [0.2, 0.25) is 0 Å². The third-order valence-electron chi connectivity index (χ3n) is 5.65. The maximum Gasteiger partial charge on any atom is 0.336 e. The summed E-state index contributed by atoms with van der Waals surface area (Å²) in [7, 11) is 0. The zero-order valence-electron chi connectivity index (χ0n) is 18.6. The van der Waals surface area contributed by atoms with E-state index in [0.717, 1.165) is 16.5 Å². The van der Waals surface area contributed by atoms with Crippen molar-refractivity contribution in [3.05, 3.63) is 70.2 Å². The average molecular weight is 464 g/mol. The molecule has 2 heterocycles. The maximum absolute atomic E-state index is 12.7. The Morgan fingerprint density at radius 3 is 2.65 bits per heavy atom. The van der Waals surface area contributed by atoms with E-state index >= 15 is 0 Å². The van der Waals surface area contributed by atoms with Gasteiger partial charge in [-0.25, -0.2) is 9.59 Å². The Kier molecular flexibility index (Phi) is 6.27. The number of phenols is 1. The summed E-state index contributed by atoms with van der Waals surface area (Å²) in [4.78, 5) is 39.3. The topological polar surface area (TPSA) is 142 Å². The van der Waals surface area contributed by atoms with Gasteiger partial charge in [-0.3, -0.25) is 4.79 Å². The molecule has 0 aliphatic rings. The van der Waals surface area contributed by atoms with Crippen molar-refractivity contribution in [2.75, 3.05) is 0 Å². The minimum absolute atomic E-state index is 0.0121. The summed E-state index contributed by atoms with van der Waals surface area (Å²) in [5, 5.41) is 23.4. The molecule has 4 N–H and O–H groups in total. The molecule has 4 aromatic rings. The number of hydrogen-bond acceptors (Lipinski definition) is 6. The van der Waals surface area contributed by atoms with Crippen molar-refractivity contribution in [3.63, 3.8) is 0 Å². The van der Waals surface area contributed by atoms with E-state index in [2.05, 4.69) is 10.3 Å². The molecule has 0 fully saturated rings. The van der Waals surface area contributed by atoms with Crippen molar-refractivity contribution in [1.29, 1.82) is 0 Å². The Morgan fingerprint density at radius 2 is 1.91 bits per heavy atom. The van der Waals surface area contributed by atoms with Crippen molar-refractivity contribution in [2.24, 2.45) is 0 Å². The molecule has 9 heteroatoms. The zero-order chi connectivity index (χ0) is 24.4. The van der Waals surface area contributed by atoms with Crippen molar-refractivity contribution < 1.29 is 29.0 Å². The summed E-state index contributed by atoms with van der Waals surface area (Å²) in [6.45, 7) is 3.43. The van der Waals surface area contributed by atoms with Crippen LogP contribution in [0.5, 0.6) is 11.5 Å². The van der Waals surface area contributed by atoms with E-state index < -0.39 is 29.6 Å². The van der Waals surface area contributed by atoms with Gasteiger partial charge < -0.3 is 29.7 Å². The molecule has 0 bridgehead atoms. The minimum atomic E-state index is -1.21. The highest BCUT2D eigenvalue weighted by molar-refractivity contribution is 5.89. The fourth-order valence-electron chi connectivity index (χ4n) is 3.88. The van der Waals surface area contributed by atoms with Gasteiger partial charge in [0.05, 0.1) is 0 Å². The first-order chi connectivity index (χ1) is 16.2. The molecule has 0 aliphatic carbocycles. The number of fused-ring (bicyclic) bond motifs is 2. The van der Waals surface area contributed by atoms with Gasteiger partial charge in [-0.15, -0.1) is 0 Å². The summed E-state index contributed by atoms with van der Waals surface area (Å²) in [6.07, 6.45) is 1.32. The number of ether oxygens (including phenoxy) is 1. The molecule has 0 aliphatic heterocycles. The number of amides is 1. The second kappa shape index (κ2) is 9.30. The van der Waals surface area contributed by atoms with Crippen molar-refractivity contribution in [1.82, 2.24) is 10.3 Å². The second-order valence-corrected chi connectivity index (χ2v) is 8.01. The van der Waals surface area contributed by atoms with E-state index in [-0.39, 0.29) is 12.2 Å². The normalized spacial score (nSPS) is 13.0. The van der Waals surface area contributed by atoms with Crippen LogP contribution in [0.1, 0.15) is 25.0 Å². The van der Waals surface area contributed by atoms with E-state index in [4.69, 9.17) is 9.15 Å². The number of phenolic OH excluding ortho intramolecular Hbond substituents is 1. The standard InChI is InChI=1S/C25H24N2O7/c1-3-14-9-23(29)34-22-11-17(5-6-18(14)22)33-13(2)24(30)27-21(25(31)32)8-15-12-26-20-7-4-16(28)10-19(15)20/h4-7,9-13,21,26,28H,3,8H2,1-2H3,(H,27,30)(H,31,32)/t13-,21-/m1/s1. The summed E-state index contributed by atoms with van der Waals surface area (Å²) in [5.41, 5.74) is 2.11. The molecule has 0 radical (unpaired) electrons. The number of carboxylic acid groups (broad SMARTS) is 1. The molecule has 1 amide bonds. The number of aromatic amines is 1. The molecule has 0 spiro atoms. The number of carbonyl (C=O) groups is 2. The molecule has 0 saturated heterocycles. The Labute approximate surface area is 194 Å². The van der Waals surface area contributed by atoms with E-state index in [9.17, 15) is 24.6 Å². The smallest absolute Gasteiger partial charge is 0.336 e. The highest BCUT2D eigenvalue weighted by Gasteiger charge is 2.25. The first kappa shape index (κ1) is 22.9. The van der Waals surface area contributed by atoms with Gasteiger partial charge in [0.15, 0.2) is 6.10 Å². The number of H-pyrrole nitrogens is 1. The van der Waals surface area contributed by atoms with E-state index in [1.54, 1.807) is 24.4 Å². The van der Waals surface area contributed by atoms with Crippen LogP contribution in [0.15, 0.2) is 57.9 Å². The molecule has 0 unspecified atom stereocenters. The highest BCUT2D eigenvalue weighted by atomic mass is 16.5. The number of aromatic hydroxyl groups is 1. The number of carboxylic acids is 1. The lowest BCUT2D eigenvalue weighted by atomic mass is 10.0. The van der Waals surface area contributed by atoms with Gasteiger partial charge in [0.25, 0.3) is 5.91 Å². The predicted molar refractivity (Wildman–Crippen MR) is 125 cm³/mol. The fraction of sp³-hybridized carbons (Fsp3) is 0.240. The number of hydrogen-bond donors (Lipinski definition) is 4. The first-order valence-corrected chi connectivity index (χ1v) is 10.8. The van der Waals surface area contributed by atoms with E-state index in [1.165, 1.54) is 31.2 Å². The fourth-order valence-corrected chi connectivity index (χ4v) is 3.88. The lowest BCUT2D eigenvalue weighted by molar-refractivity contribution is -0.142. The summed E-state index contributed by atoms with van der Waals surface area (Å²) in [5.74, 6) is -1.44. The number of nitrogens with one attached hydrogen (secondary N) is 2. The molecule has 0 saturated carbocycles. The van der Waals surface area contributed by atoms with Crippen LogP contribution < -0.4 is 15.7 Å². The third-order valence-corrected chi connectivity index (χ3v) is 5.65. The first-order valence-electron chi connectivity index (χ1n) is 10.8. The number of aliphatic carboxylic acids is 1. The number of rotatable bonds is 8. The lowest BCUT2D eigenvalue weighted by Gasteiger charge is -2.19. The lowest BCUT2D eigenvalue weighted by Crippen LogP contribution is -2.47. The predicted octanol–water partition coefficient (Wildman–Crippen LogP) is 3.12. The van der Waals surface area contributed by atoms with E-state index in [0.29, 0.717) is 28.7 Å².